The van der Waals surface area contributed by atoms with E-state index in [1.54, 1.807) is 13.8 Å². The van der Waals surface area contributed by atoms with Crippen molar-refractivity contribution < 1.29 is 19.4 Å². The second kappa shape index (κ2) is 7.95. The third kappa shape index (κ3) is 4.31. The summed E-state index contributed by atoms with van der Waals surface area (Å²) in [5.74, 6) is -0.282. The fraction of sp³-hybridized carbons (Fsp3) is 0.438. The van der Waals surface area contributed by atoms with Gasteiger partial charge in [-0.3, -0.25) is 4.79 Å². The molecule has 2 aromatic heterocycles. The van der Waals surface area contributed by atoms with Gasteiger partial charge < -0.3 is 25.0 Å². The molecule has 0 spiro atoms. The number of nitrogens with zero attached hydrogens (tertiary/aromatic N) is 2. The normalized spacial score (nSPS) is 15.0. The van der Waals surface area contributed by atoms with Crippen LogP contribution in [0.4, 0.5) is 9.93 Å². The standard InChI is InChI=1S/C16H18Cl2N4O4S/c1-7-10(17)11(18)12(19-7)13(23)21-9-3-5-22(6-4-9)15-20-8(2)14(27-15)26-16(24)25/h9,19H,3-6H2,1-2H3,(H,21,23)(H,24,25). The smallest absolute Gasteiger partial charge is 0.449 e. The number of anilines is 1. The number of halogens is 2. The maximum absolute atomic E-state index is 12.4. The summed E-state index contributed by atoms with van der Waals surface area (Å²) in [7, 11) is 0. The van der Waals surface area contributed by atoms with Crippen molar-refractivity contribution in [3.05, 3.63) is 27.1 Å². The first-order valence-electron chi connectivity index (χ1n) is 8.23. The molecule has 0 saturated carbocycles. The molecule has 8 nitrogen and oxygen atoms in total. The van der Waals surface area contributed by atoms with Crippen molar-refractivity contribution in [2.24, 2.45) is 0 Å². The molecule has 1 aliphatic heterocycles. The topological polar surface area (TPSA) is 108 Å². The molecule has 1 amide bonds. The summed E-state index contributed by atoms with van der Waals surface area (Å²) in [6.07, 6.45) is 0.0998. The Labute approximate surface area is 169 Å². The van der Waals surface area contributed by atoms with Crippen molar-refractivity contribution in [2.45, 2.75) is 32.7 Å². The highest BCUT2D eigenvalue weighted by Crippen LogP contribution is 2.34. The lowest BCUT2D eigenvalue weighted by Gasteiger charge is -2.32. The highest BCUT2D eigenvalue weighted by molar-refractivity contribution is 7.17. The molecule has 1 saturated heterocycles. The minimum absolute atomic E-state index is 0.00278. The van der Waals surface area contributed by atoms with E-state index in [0.29, 0.717) is 34.6 Å². The third-order valence-electron chi connectivity index (χ3n) is 4.30. The lowest BCUT2D eigenvalue weighted by molar-refractivity contribution is 0.0926. The molecule has 2 aromatic rings. The summed E-state index contributed by atoms with van der Waals surface area (Å²) in [4.78, 5) is 32.5. The van der Waals surface area contributed by atoms with E-state index in [2.05, 4.69) is 20.2 Å². The molecular weight excluding hydrogens is 415 g/mol. The zero-order valence-corrected chi connectivity index (χ0v) is 17.0. The Morgan fingerprint density at radius 3 is 2.52 bits per heavy atom. The second-order valence-corrected chi connectivity index (χ2v) is 7.92. The van der Waals surface area contributed by atoms with Crippen LogP contribution in [-0.4, -0.2) is 46.3 Å². The van der Waals surface area contributed by atoms with E-state index in [1.807, 2.05) is 0 Å². The van der Waals surface area contributed by atoms with Crippen LogP contribution in [0, 0.1) is 13.8 Å². The monoisotopic (exact) mass is 432 g/mol. The Morgan fingerprint density at radius 1 is 1.30 bits per heavy atom. The summed E-state index contributed by atoms with van der Waals surface area (Å²) in [6, 6.07) is 0.00278. The van der Waals surface area contributed by atoms with Crippen LogP contribution in [0.25, 0.3) is 0 Å². The first-order chi connectivity index (χ1) is 12.8. The number of carbonyl (C=O) groups excluding carboxylic acids is 1. The molecule has 1 aliphatic rings. The molecule has 3 N–H and O–H groups in total. The molecule has 3 rings (SSSR count). The third-order valence-corrected chi connectivity index (χ3v) is 6.35. The Morgan fingerprint density at radius 2 is 1.96 bits per heavy atom. The number of aromatic amines is 1. The molecule has 0 radical (unpaired) electrons. The summed E-state index contributed by atoms with van der Waals surface area (Å²) in [5.41, 5.74) is 1.47. The fourth-order valence-electron chi connectivity index (χ4n) is 2.88. The Balaban J connectivity index is 1.58. The lowest BCUT2D eigenvalue weighted by Crippen LogP contribution is -2.44. The van der Waals surface area contributed by atoms with Gasteiger partial charge in [-0.1, -0.05) is 34.5 Å². The molecular formula is C16H18Cl2N4O4S. The van der Waals surface area contributed by atoms with Crippen molar-refractivity contribution in [1.82, 2.24) is 15.3 Å². The molecule has 27 heavy (non-hydrogen) atoms. The minimum atomic E-state index is -1.35. The lowest BCUT2D eigenvalue weighted by atomic mass is 10.1. The van der Waals surface area contributed by atoms with E-state index in [-0.39, 0.29) is 27.7 Å². The van der Waals surface area contributed by atoms with Crippen molar-refractivity contribution in [3.63, 3.8) is 0 Å². The Bertz CT molecular complexity index is 874. The number of carboxylic acid groups (broad SMARTS) is 1. The van der Waals surface area contributed by atoms with Gasteiger partial charge in [0.1, 0.15) is 5.69 Å². The number of amides is 1. The van der Waals surface area contributed by atoms with E-state index < -0.39 is 6.16 Å². The number of hydrogen-bond donors (Lipinski definition) is 3. The Kier molecular flexibility index (Phi) is 5.83. The van der Waals surface area contributed by atoms with Crippen LogP contribution in [0.3, 0.4) is 0 Å². The van der Waals surface area contributed by atoms with Crippen molar-refractivity contribution >= 4 is 51.7 Å². The summed E-state index contributed by atoms with van der Waals surface area (Å²) >= 11 is 13.3. The van der Waals surface area contributed by atoms with Gasteiger partial charge in [-0.05, 0) is 26.7 Å². The van der Waals surface area contributed by atoms with Gasteiger partial charge in [-0.2, -0.15) is 0 Å². The van der Waals surface area contributed by atoms with Crippen LogP contribution >= 0.6 is 34.5 Å². The number of rotatable bonds is 4. The van der Waals surface area contributed by atoms with Crippen molar-refractivity contribution in [3.8, 4) is 5.06 Å². The molecule has 0 atom stereocenters. The highest BCUT2D eigenvalue weighted by atomic mass is 35.5. The van der Waals surface area contributed by atoms with E-state index in [0.717, 1.165) is 12.8 Å². The summed E-state index contributed by atoms with van der Waals surface area (Å²) in [6.45, 7) is 4.82. The van der Waals surface area contributed by atoms with Crippen LogP contribution in [0.1, 0.15) is 34.7 Å². The highest BCUT2D eigenvalue weighted by Gasteiger charge is 2.26. The van der Waals surface area contributed by atoms with Crippen LogP contribution in [0.2, 0.25) is 10.0 Å². The van der Waals surface area contributed by atoms with Gasteiger partial charge in [0.25, 0.3) is 5.91 Å². The second-order valence-electron chi connectivity index (χ2n) is 6.23. The molecule has 0 bridgehead atoms. The van der Waals surface area contributed by atoms with E-state index in [4.69, 9.17) is 33.0 Å². The summed E-state index contributed by atoms with van der Waals surface area (Å²) in [5, 5.41) is 13.3. The SMILES string of the molecule is Cc1nc(N2CCC(NC(=O)c3[nH]c(C)c(Cl)c3Cl)CC2)sc1OC(=O)O. The molecule has 0 aliphatic carbocycles. The number of hydrogen-bond acceptors (Lipinski definition) is 6. The quantitative estimate of drug-likeness (QED) is 0.633. The molecule has 0 unspecified atom stereocenters. The number of carbonyl (C=O) groups is 2. The van der Waals surface area contributed by atoms with Gasteiger partial charge in [0.2, 0.25) is 5.06 Å². The molecule has 3 heterocycles. The molecule has 0 aromatic carbocycles. The maximum atomic E-state index is 12.4. The predicted molar refractivity (Wildman–Crippen MR) is 104 cm³/mol. The number of piperidine rings is 1. The van der Waals surface area contributed by atoms with Crippen LogP contribution in [-0.2, 0) is 0 Å². The number of nitrogens with one attached hydrogen (secondary N) is 2. The number of aromatic nitrogens is 2. The van der Waals surface area contributed by atoms with E-state index in [9.17, 15) is 9.59 Å². The zero-order chi connectivity index (χ0) is 19.7. The molecule has 146 valence electrons. The van der Waals surface area contributed by atoms with Crippen LogP contribution < -0.4 is 15.0 Å². The van der Waals surface area contributed by atoms with Gasteiger partial charge in [-0.15, -0.1) is 0 Å². The molecule has 11 heteroatoms. The maximum Gasteiger partial charge on any atom is 0.512 e. The zero-order valence-electron chi connectivity index (χ0n) is 14.6. The van der Waals surface area contributed by atoms with Gasteiger partial charge in [-0.25, -0.2) is 9.78 Å². The van der Waals surface area contributed by atoms with Crippen molar-refractivity contribution in [2.75, 3.05) is 18.0 Å². The van der Waals surface area contributed by atoms with E-state index in [1.165, 1.54) is 11.3 Å². The van der Waals surface area contributed by atoms with Crippen molar-refractivity contribution in [1.29, 1.82) is 0 Å². The first-order valence-corrected chi connectivity index (χ1v) is 9.81. The fourth-order valence-corrected chi connectivity index (χ4v) is 4.26. The Hall–Kier alpha value is -1.97. The largest absolute Gasteiger partial charge is 0.512 e. The predicted octanol–water partition coefficient (Wildman–Crippen LogP) is 3.85. The number of ether oxygens (including phenoxy) is 1. The average molecular weight is 433 g/mol. The molecule has 1 fully saturated rings. The van der Waals surface area contributed by atoms with Crippen LogP contribution in [0.5, 0.6) is 5.06 Å². The van der Waals surface area contributed by atoms with Gasteiger partial charge in [0, 0.05) is 24.8 Å². The average Bonchev–Trinajstić information content (AvgIpc) is 3.10. The van der Waals surface area contributed by atoms with Gasteiger partial charge in [0.05, 0.1) is 15.7 Å². The first kappa shape index (κ1) is 19.8. The minimum Gasteiger partial charge on any atom is -0.449 e. The number of H-pyrrole nitrogens is 1. The summed E-state index contributed by atoms with van der Waals surface area (Å²) < 4.78 is 4.72. The van der Waals surface area contributed by atoms with Gasteiger partial charge >= 0.3 is 6.16 Å². The van der Waals surface area contributed by atoms with Gasteiger partial charge in [0.15, 0.2) is 5.13 Å². The van der Waals surface area contributed by atoms with Crippen LogP contribution in [0.15, 0.2) is 0 Å². The number of thiazole rings is 1. The number of aryl methyl sites for hydroxylation is 2. The van der Waals surface area contributed by atoms with E-state index >= 15 is 0 Å².